The van der Waals surface area contributed by atoms with Gasteiger partial charge in [-0.15, -0.1) is 0 Å². The smallest absolute Gasteiger partial charge is 0.319 e. The maximum Gasteiger partial charge on any atom is 0.319 e. The van der Waals surface area contributed by atoms with E-state index in [0.717, 1.165) is 5.56 Å². The molecule has 2 unspecified atom stereocenters. The number of halogens is 1. The number of rotatable bonds is 6. The van der Waals surface area contributed by atoms with Crippen molar-refractivity contribution < 1.29 is 14.1 Å². The van der Waals surface area contributed by atoms with Crippen molar-refractivity contribution in [1.82, 2.24) is 0 Å². The van der Waals surface area contributed by atoms with E-state index in [1.54, 1.807) is 24.3 Å². The SMILES string of the molecule is O=C(O)C(Cc1ccccc1)S(=O)Cc1ccccc1Cl. The minimum atomic E-state index is -1.53. The molecule has 5 heteroatoms. The summed E-state index contributed by atoms with van der Waals surface area (Å²) < 4.78 is 12.4. The van der Waals surface area contributed by atoms with Crippen LogP contribution < -0.4 is 0 Å². The van der Waals surface area contributed by atoms with E-state index < -0.39 is 22.0 Å². The molecule has 110 valence electrons. The average molecular weight is 323 g/mol. The highest BCUT2D eigenvalue weighted by Gasteiger charge is 2.25. The number of benzene rings is 2. The minimum absolute atomic E-state index is 0.142. The second kappa shape index (κ2) is 7.38. The van der Waals surface area contributed by atoms with E-state index in [4.69, 9.17) is 11.6 Å². The summed E-state index contributed by atoms with van der Waals surface area (Å²) in [5.41, 5.74) is 1.56. The van der Waals surface area contributed by atoms with Crippen molar-refractivity contribution in [1.29, 1.82) is 0 Å². The van der Waals surface area contributed by atoms with Gasteiger partial charge in [-0.2, -0.15) is 0 Å². The summed E-state index contributed by atoms with van der Waals surface area (Å²) in [6, 6.07) is 16.3. The van der Waals surface area contributed by atoms with Crippen LogP contribution in [0.2, 0.25) is 5.02 Å². The fraction of sp³-hybridized carbons (Fsp3) is 0.188. The Balaban J connectivity index is 2.13. The van der Waals surface area contributed by atoms with Crippen LogP contribution in [0.3, 0.4) is 0 Å². The molecule has 0 radical (unpaired) electrons. The summed E-state index contributed by atoms with van der Waals surface area (Å²) >= 11 is 6.03. The summed E-state index contributed by atoms with van der Waals surface area (Å²) in [7, 11) is -1.53. The lowest BCUT2D eigenvalue weighted by Gasteiger charge is -2.13. The van der Waals surface area contributed by atoms with Gasteiger partial charge < -0.3 is 5.11 Å². The first-order chi connectivity index (χ1) is 10.1. The third-order valence-electron chi connectivity index (χ3n) is 3.11. The maximum atomic E-state index is 12.4. The Bertz CT molecular complexity index is 643. The van der Waals surface area contributed by atoms with E-state index in [9.17, 15) is 14.1 Å². The van der Waals surface area contributed by atoms with E-state index in [0.29, 0.717) is 10.6 Å². The summed E-state index contributed by atoms with van der Waals surface area (Å²) in [5, 5.41) is 8.89. The van der Waals surface area contributed by atoms with E-state index in [-0.39, 0.29) is 12.2 Å². The van der Waals surface area contributed by atoms with Crippen molar-refractivity contribution >= 4 is 28.4 Å². The molecular formula is C16H15ClO3S. The molecule has 0 amide bonds. The lowest BCUT2D eigenvalue weighted by molar-refractivity contribution is -0.136. The number of hydrogen-bond donors (Lipinski definition) is 1. The van der Waals surface area contributed by atoms with Crippen LogP contribution in [-0.4, -0.2) is 20.5 Å². The van der Waals surface area contributed by atoms with Crippen LogP contribution in [-0.2, 0) is 27.8 Å². The van der Waals surface area contributed by atoms with Gasteiger partial charge in [0.25, 0.3) is 0 Å². The van der Waals surface area contributed by atoms with Crippen LogP contribution in [0.1, 0.15) is 11.1 Å². The van der Waals surface area contributed by atoms with Gasteiger partial charge in [-0.25, -0.2) is 0 Å². The predicted octanol–water partition coefficient (Wildman–Crippen LogP) is 3.28. The molecular weight excluding hydrogens is 308 g/mol. The normalized spacial score (nSPS) is 13.6. The Labute approximate surface area is 131 Å². The van der Waals surface area contributed by atoms with E-state index in [1.165, 1.54) is 0 Å². The van der Waals surface area contributed by atoms with Crippen LogP contribution in [0.4, 0.5) is 0 Å². The zero-order valence-corrected chi connectivity index (χ0v) is 12.8. The van der Waals surface area contributed by atoms with Crippen molar-refractivity contribution in [2.75, 3.05) is 0 Å². The van der Waals surface area contributed by atoms with Crippen LogP contribution >= 0.6 is 11.6 Å². The molecule has 3 nitrogen and oxygen atoms in total. The van der Waals surface area contributed by atoms with Gasteiger partial charge in [-0.05, 0) is 23.6 Å². The molecule has 0 fully saturated rings. The largest absolute Gasteiger partial charge is 0.480 e. The summed E-state index contributed by atoms with van der Waals surface area (Å²) in [5.74, 6) is -0.909. The molecule has 0 bridgehead atoms. The molecule has 1 N–H and O–H groups in total. The molecule has 0 saturated heterocycles. The third kappa shape index (κ3) is 4.41. The first-order valence-corrected chi connectivity index (χ1v) is 8.21. The van der Waals surface area contributed by atoms with E-state index in [1.807, 2.05) is 30.3 Å². The maximum absolute atomic E-state index is 12.4. The average Bonchev–Trinajstić information content (AvgIpc) is 2.48. The molecule has 0 heterocycles. The summed E-state index contributed by atoms with van der Waals surface area (Å²) in [4.78, 5) is 11.4. The first-order valence-electron chi connectivity index (χ1n) is 6.45. The Morgan fingerprint density at radius 1 is 1.10 bits per heavy atom. The highest BCUT2D eigenvalue weighted by atomic mass is 35.5. The molecule has 2 aromatic carbocycles. The van der Waals surface area contributed by atoms with Gasteiger partial charge in [0.1, 0.15) is 5.25 Å². The molecule has 0 aromatic heterocycles. The number of carboxylic acid groups (broad SMARTS) is 1. The fourth-order valence-corrected chi connectivity index (χ4v) is 3.63. The highest BCUT2D eigenvalue weighted by molar-refractivity contribution is 7.85. The van der Waals surface area contributed by atoms with Crippen LogP contribution in [0.15, 0.2) is 54.6 Å². The lowest BCUT2D eigenvalue weighted by atomic mass is 10.1. The highest BCUT2D eigenvalue weighted by Crippen LogP contribution is 2.19. The molecule has 0 saturated carbocycles. The molecule has 0 spiro atoms. The van der Waals surface area contributed by atoms with Crippen LogP contribution in [0.25, 0.3) is 0 Å². The Morgan fingerprint density at radius 3 is 2.33 bits per heavy atom. The first kappa shape index (κ1) is 15.7. The zero-order valence-electron chi connectivity index (χ0n) is 11.2. The van der Waals surface area contributed by atoms with Gasteiger partial charge in [-0.3, -0.25) is 9.00 Å². The quantitative estimate of drug-likeness (QED) is 0.888. The summed E-state index contributed by atoms with van der Waals surface area (Å²) in [6.45, 7) is 0. The molecule has 2 atom stereocenters. The van der Waals surface area contributed by atoms with Crippen molar-refractivity contribution in [3.8, 4) is 0 Å². The van der Waals surface area contributed by atoms with E-state index >= 15 is 0 Å². The number of carbonyl (C=O) groups is 1. The second-order valence-electron chi connectivity index (χ2n) is 4.63. The molecule has 21 heavy (non-hydrogen) atoms. The zero-order chi connectivity index (χ0) is 15.2. The van der Waals surface area contributed by atoms with Crippen LogP contribution in [0.5, 0.6) is 0 Å². The Hall–Kier alpha value is -1.65. The third-order valence-corrected chi connectivity index (χ3v) is 5.08. The number of carboxylic acids is 1. The topological polar surface area (TPSA) is 54.4 Å². The lowest BCUT2D eigenvalue weighted by Crippen LogP contribution is -2.29. The van der Waals surface area contributed by atoms with Crippen LogP contribution in [0, 0.1) is 0 Å². The molecule has 0 aliphatic carbocycles. The summed E-state index contributed by atoms with van der Waals surface area (Å²) in [6.07, 6.45) is 0.243. The fourth-order valence-electron chi connectivity index (χ4n) is 1.99. The number of aliphatic carboxylic acids is 1. The Kier molecular flexibility index (Phi) is 5.53. The second-order valence-corrected chi connectivity index (χ2v) is 6.66. The molecule has 0 aliphatic rings. The Morgan fingerprint density at radius 2 is 1.71 bits per heavy atom. The van der Waals surface area contributed by atoms with Gasteiger partial charge in [0.05, 0.1) is 5.75 Å². The predicted molar refractivity (Wildman–Crippen MR) is 84.9 cm³/mol. The van der Waals surface area contributed by atoms with Gasteiger partial charge in [0, 0.05) is 15.8 Å². The minimum Gasteiger partial charge on any atom is -0.480 e. The van der Waals surface area contributed by atoms with Crippen molar-refractivity contribution in [3.63, 3.8) is 0 Å². The van der Waals surface area contributed by atoms with Gasteiger partial charge in [0.15, 0.2) is 0 Å². The standard InChI is InChI=1S/C16H15ClO3S/c17-14-9-5-4-8-13(14)11-21(20)15(16(18)19)10-12-6-2-1-3-7-12/h1-9,15H,10-11H2,(H,18,19). The van der Waals surface area contributed by atoms with Gasteiger partial charge in [-0.1, -0.05) is 60.1 Å². The monoisotopic (exact) mass is 322 g/mol. The van der Waals surface area contributed by atoms with Gasteiger partial charge >= 0.3 is 5.97 Å². The molecule has 2 rings (SSSR count). The van der Waals surface area contributed by atoms with E-state index in [2.05, 4.69) is 0 Å². The molecule has 2 aromatic rings. The number of hydrogen-bond acceptors (Lipinski definition) is 2. The van der Waals surface area contributed by atoms with Crippen molar-refractivity contribution in [3.05, 3.63) is 70.7 Å². The van der Waals surface area contributed by atoms with Crippen molar-refractivity contribution in [2.45, 2.75) is 17.4 Å². The molecule has 0 aliphatic heterocycles. The van der Waals surface area contributed by atoms with Crippen molar-refractivity contribution in [2.24, 2.45) is 0 Å². The van der Waals surface area contributed by atoms with Gasteiger partial charge in [0.2, 0.25) is 0 Å².